The Kier molecular flexibility index (Phi) is 6.02. The summed E-state index contributed by atoms with van der Waals surface area (Å²) in [6.45, 7) is 3.20. The molecule has 0 radical (unpaired) electrons. The molecule has 0 bridgehead atoms. The van der Waals surface area contributed by atoms with Crippen LogP contribution in [0.5, 0.6) is 5.75 Å². The van der Waals surface area contributed by atoms with Gasteiger partial charge in [-0.05, 0) is 50.5 Å². The second-order valence-corrected chi connectivity index (χ2v) is 5.41. The molecule has 1 aliphatic rings. The standard InChI is InChI=1S/C16H24N2O3/c1-12-4-3-5-15(17-12)16(19)18-13-6-8-14(9-7-13)21-11-10-20-2/h6-9,12,15,17H,3-5,10-11H2,1-2H3,(H,18,19). The van der Waals surface area contributed by atoms with E-state index in [4.69, 9.17) is 9.47 Å². The van der Waals surface area contributed by atoms with Gasteiger partial charge in [0.2, 0.25) is 5.91 Å². The van der Waals surface area contributed by atoms with Crippen molar-refractivity contribution in [2.24, 2.45) is 0 Å². The third-order valence-corrected chi connectivity index (χ3v) is 3.61. The zero-order chi connectivity index (χ0) is 15.1. The van der Waals surface area contributed by atoms with E-state index in [9.17, 15) is 4.79 Å². The maximum absolute atomic E-state index is 12.2. The van der Waals surface area contributed by atoms with Gasteiger partial charge in [0, 0.05) is 18.8 Å². The van der Waals surface area contributed by atoms with E-state index in [1.54, 1.807) is 7.11 Å². The van der Waals surface area contributed by atoms with Gasteiger partial charge in [0.25, 0.3) is 0 Å². The summed E-state index contributed by atoms with van der Waals surface area (Å²) in [4.78, 5) is 12.2. The van der Waals surface area contributed by atoms with Crippen molar-refractivity contribution < 1.29 is 14.3 Å². The van der Waals surface area contributed by atoms with E-state index < -0.39 is 0 Å². The first kappa shape index (κ1) is 15.8. The number of anilines is 1. The first-order valence-electron chi connectivity index (χ1n) is 7.48. The van der Waals surface area contributed by atoms with Gasteiger partial charge in [0.05, 0.1) is 12.6 Å². The van der Waals surface area contributed by atoms with Crippen LogP contribution >= 0.6 is 0 Å². The second-order valence-electron chi connectivity index (χ2n) is 5.41. The lowest BCUT2D eigenvalue weighted by Crippen LogP contribution is -2.47. The minimum Gasteiger partial charge on any atom is -0.491 e. The number of carbonyl (C=O) groups is 1. The third kappa shape index (κ3) is 5.02. The van der Waals surface area contributed by atoms with Gasteiger partial charge in [-0.3, -0.25) is 4.79 Å². The molecule has 1 aromatic carbocycles. The molecule has 2 rings (SSSR count). The predicted molar refractivity (Wildman–Crippen MR) is 82.7 cm³/mol. The van der Waals surface area contributed by atoms with Crippen LogP contribution in [0.4, 0.5) is 5.69 Å². The van der Waals surface area contributed by atoms with E-state index in [2.05, 4.69) is 17.6 Å². The molecule has 0 aromatic heterocycles. The molecule has 1 aliphatic heterocycles. The molecular weight excluding hydrogens is 268 g/mol. The molecule has 1 fully saturated rings. The number of amides is 1. The summed E-state index contributed by atoms with van der Waals surface area (Å²) in [6.07, 6.45) is 3.13. The van der Waals surface area contributed by atoms with Crippen molar-refractivity contribution in [1.82, 2.24) is 5.32 Å². The highest BCUT2D eigenvalue weighted by Crippen LogP contribution is 2.18. The van der Waals surface area contributed by atoms with Crippen LogP contribution in [0.1, 0.15) is 26.2 Å². The van der Waals surface area contributed by atoms with Crippen LogP contribution in [-0.2, 0) is 9.53 Å². The summed E-state index contributed by atoms with van der Waals surface area (Å²) in [5, 5.41) is 6.28. The molecule has 21 heavy (non-hydrogen) atoms. The second kappa shape index (κ2) is 8.00. The quantitative estimate of drug-likeness (QED) is 0.789. The van der Waals surface area contributed by atoms with Gasteiger partial charge in [0.1, 0.15) is 12.4 Å². The summed E-state index contributed by atoms with van der Waals surface area (Å²) in [6, 6.07) is 7.72. The SMILES string of the molecule is COCCOc1ccc(NC(=O)C2CCCC(C)N2)cc1. The third-order valence-electron chi connectivity index (χ3n) is 3.61. The Morgan fingerprint density at radius 3 is 2.71 bits per heavy atom. The molecule has 2 unspecified atom stereocenters. The Labute approximate surface area is 126 Å². The van der Waals surface area contributed by atoms with Crippen molar-refractivity contribution in [3.8, 4) is 5.75 Å². The molecule has 1 heterocycles. The number of nitrogens with one attached hydrogen (secondary N) is 2. The average molecular weight is 292 g/mol. The maximum Gasteiger partial charge on any atom is 0.241 e. The van der Waals surface area contributed by atoms with Gasteiger partial charge in [-0.2, -0.15) is 0 Å². The fraction of sp³-hybridized carbons (Fsp3) is 0.562. The lowest BCUT2D eigenvalue weighted by molar-refractivity contribution is -0.118. The zero-order valence-corrected chi connectivity index (χ0v) is 12.7. The topological polar surface area (TPSA) is 59.6 Å². The fourth-order valence-corrected chi connectivity index (χ4v) is 2.45. The highest BCUT2D eigenvalue weighted by atomic mass is 16.5. The molecule has 2 atom stereocenters. The molecule has 2 N–H and O–H groups in total. The number of methoxy groups -OCH3 is 1. The largest absolute Gasteiger partial charge is 0.491 e. The summed E-state index contributed by atoms with van der Waals surface area (Å²) < 4.78 is 10.4. The van der Waals surface area contributed by atoms with Crippen molar-refractivity contribution in [2.75, 3.05) is 25.6 Å². The number of hydrogen-bond acceptors (Lipinski definition) is 4. The van der Waals surface area contributed by atoms with Gasteiger partial charge < -0.3 is 20.1 Å². The molecule has 1 aromatic rings. The summed E-state index contributed by atoms with van der Waals surface area (Å²) in [7, 11) is 1.64. The first-order valence-corrected chi connectivity index (χ1v) is 7.48. The molecule has 0 saturated carbocycles. The van der Waals surface area contributed by atoms with Crippen molar-refractivity contribution in [3.05, 3.63) is 24.3 Å². The molecule has 0 spiro atoms. The first-order chi connectivity index (χ1) is 10.2. The molecule has 5 nitrogen and oxygen atoms in total. The highest BCUT2D eigenvalue weighted by molar-refractivity contribution is 5.94. The van der Waals surface area contributed by atoms with E-state index in [1.165, 1.54) is 0 Å². The maximum atomic E-state index is 12.2. The van der Waals surface area contributed by atoms with Gasteiger partial charge >= 0.3 is 0 Å². The Balaban J connectivity index is 1.83. The number of piperidine rings is 1. The Morgan fingerprint density at radius 2 is 2.05 bits per heavy atom. The Hall–Kier alpha value is -1.59. The van der Waals surface area contributed by atoms with Gasteiger partial charge in [-0.1, -0.05) is 0 Å². The van der Waals surface area contributed by atoms with E-state index in [0.29, 0.717) is 19.3 Å². The monoisotopic (exact) mass is 292 g/mol. The van der Waals surface area contributed by atoms with Crippen LogP contribution in [0.25, 0.3) is 0 Å². The van der Waals surface area contributed by atoms with Crippen LogP contribution in [0, 0.1) is 0 Å². The average Bonchev–Trinajstić information content (AvgIpc) is 2.49. The Morgan fingerprint density at radius 1 is 1.29 bits per heavy atom. The highest BCUT2D eigenvalue weighted by Gasteiger charge is 2.23. The molecule has 1 amide bonds. The van der Waals surface area contributed by atoms with E-state index >= 15 is 0 Å². The smallest absolute Gasteiger partial charge is 0.241 e. The number of rotatable bonds is 6. The fourth-order valence-electron chi connectivity index (χ4n) is 2.45. The number of hydrogen-bond donors (Lipinski definition) is 2. The van der Waals surface area contributed by atoms with Crippen LogP contribution in [-0.4, -0.2) is 38.3 Å². The normalized spacial score (nSPS) is 21.8. The van der Waals surface area contributed by atoms with Crippen LogP contribution in [0.3, 0.4) is 0 Å². The van der Waals surface area contributed by atoms with Crippen molar-refractivity contribution in [2.45, 2.75) is 38.3 Å². The number of benzene rings is 1. The summed E-state index contributed by atoms with van der Waals surface area (Å²) in [5.41, 5.74) is 0.791. The van der Waals surface area contributed by atoms with Gasteiger partial charge in [-0.25, -0.2) is 0 Å². The predicted octanol–water partition coefficient (Wildman–Crippen LogP) is 2.18. The van der Waals surface area contributed by atoms with Crippen LogP contribution in [0.15, 0.2) is 24.3 Å². The van der Waals surface area contributed by atoms with E-state index in [0.717, 1.165) is 30.7 Å². The molecular formula is C16H24N2O3. The van der Waals surface area contributed by atoms with Gasteiger partial charge in [0.15, 0.2) is 0 Å². The van der Waals surface area contributed by atoms with Crippen LogP contribution in [0.2, 0.25) is 0 Å². The lowest BCUT2D eigenvalue weighted by atomic mass is 9.99. The lowest BCUT2D eigenvalue weighted by Gasteiger charge is -2.27. The zero-order valence-electron chi connectivity index (χ0n) is 12.7. The van der Waals surface area contributed by atoms with Gasteiger partial charge in [-0.15, -0.1) is 0 Å². The molecule has 5 heteroatoms. The number of ether oxygens (including phenoxy) is 2. The molecule has 0 aliphatic carbocycles. The van der Waals surface area contributed by atoms with Crippen molar-refractivity contribution in [3.63, 3.8) is 0 Å². The van der Waals surface area contributed by atoms with Crippen molar-refractivity contribution >= 4 is 11.6 Å². The summed E-state index contributed by atoms with van der Waals surface area (Å²) in [5.74, 6) is 0.809. The minimum atomic E-state index is -0.0913. The summed E-state index contributed by atoms with van der Waals surface area (Å²) >= 11 is 0. The van der Waals surface area contributed by atoms with E-state index in [1.807, 2.05) is 24.3 Å². The molecule has 1 saturated heterocycles. The molecule has 116 valence electrons. The Bertz CT molecular complexity index is 447. The van der Waals surface area contributed by atoms with E-state index in [-0.39, 0.29) is 11.9 Å². The minimum absolute atomic E-state index is 0.0367. The number of carbonyl (C=O) groups excluding carboxylic acids is 1. The van der Waals surface area contributed by atoms with Crippen molar-refractivity contribution in [1.29, 1.82) is 0 Å². The van der Waals surface area contributed by atoms with Crippen LogP contribution < -0.4 is 15.4 Å².